The van der Waals surface area contributed by atoms with Crippen LogP contribution < -0.4 is 11.0 Å². The minimum atomic E-state index is -0.650. The second-order valence-electron chi connectivity index (χ2n) is 4.38. The Balaban J connectivity index is 2.34. The van der Waals surface area contributed by atoms with Crippen LogP contribution >= 0.6 is 0 Å². The van der Waals surface area contributed by atoms with Gasteiger partial charge in [-0.2, -0.15) is 0 Å². The van der Waals surface area contributed by atoms with Crippen LogP contribution in [0.3, 0.4) is 0 Å². The number of halogens is 1. The Labute approximate surface area is 108 Å². The van der Waals surface area contributed by atoms with Gasteiger partial charge >= 0.3 is 5.69 Å². The fourth-order valence-corrected chi connectivity index (χ4v) is 2.31. The minimum Gasteiger partial charge on any atom is -0.506 e. The number of aromatic hydroxyl groups is 1. The number of fused-ring (bicyclic) bond motifs is 1. The third kappa shape index (κ3) is 1.90. The zero-order valence-electron chi connectivity index (χ0n) is 10.1. The number of benzene rings is 1. The summed E-state index contributed by atoms with van der Waals surface area (Å²) in [6, 6.07) is 3.94. The first kappa shape index (κ1) is 11.9. The van der Waals surface area contributed by atoms with Gasteiger partial charge in [-0.1, -0.05) is 6.07 Å². The van der Waals surface area contributed by atoms with Gasteiger partial charge in [-0.3, -0.25) is 4.57 Å². The molecule has 0 bridgehead atoms. The van der Waals surface area contributed by atoms with E-state index in [2.05, 4.69) is 10.3 Å². The van der Waals surface area contributed by atoms with Crippen molar-refractivity contribution in [3.63, 3.8) is 0 Å². The third-order valence-corrected chi connectivity index (χ3v) is 3.22. The molecule has 5 nitrogen and oxygen atoms in total. The van der Waals surface area contributed by atoms with Gasteiger partial charge in [0.15, 0.2) is 5.82 Å². The van der Waals surface area contributed by atoms with Gasteiger partial charge in [0.2, 0.25) is 0 Å². The average Bonchev–Trinajstić information content (AvgIpc) is 2.41. The SMILES string of the molecule is O=c1ncc2c(n1-c1c(O)cccc1F)CNCC2. The Morgan fingerprint density at radius 3 is 3.05 bits per heavy atom. The highest BCUT2D eigenvalue weighted by molar-refractivity contribution is 5.48. The average molecular weight is 261 g/mol. The van der Waals surface area contributed by atoms with Crippen molar-refractivity contribution in [1.82, 2.24) is 14.9 Å². The number of hydrogen-bond acceptors (Lipinski definition) is 4. The summed E-state index contributed by atoms with van der Waals surface area (Å²) < 4.78 is 15.1. The molecule has 1 aliphatic rings. The van der Waals surface area contributed by atoms with Gasteiger partial charge in [-0.05, 0) is 30.7 Å². The molecule has 0 amide bonds. The molecule has 2 heterocycles. The normalized spacial score (nSPS) is 14.2. The summed E-state index contributed by atoms with van der Waals surface area (Å²) >= 11 is 0. The Bertz CT molecular complexity index is 677. The smallest absolute Gasteiger partial charge is 0.352 e. The lowest BCUT2D eigenvalue weighted by atomic mass is 10.1. The van der Waals surface area contributed by atoms with Crippen LogP contribution in [0.2, 0.25) is 0 Å². The number of phenolic OH excluding ortho intramolecular Hbond substituents is 1. The maximum atomic E-state index is 13.9. The molecular formula is C13H12FN3O2. The van der Waals surface area contributed by atoms with E-state index in [1.54, 1.807) is 0 Å². The van der Waals surface area contributed by atoms with Gasteiger partial charge in [0.25, 0.3) is 0 Å². The van der Waals surface area contributed by atoms with Gasteiger partial charge < -0.3 is 10.4 Å². The van der Waals surface area contributed by atoms with Crippen LogP contribution in [0, 0.1) is 5.82 Å². The van der Waals surface area contributed by atoms with Crippen molar-refractivity contribution >= 4 is 0 Å². The molecule has 1 aromatic heterocycles. The van der Waals surface area contributed by atoms with E-state index >= 15 is 0 Å². The predicted octanol–water partition coefficient (Wildman–Crippen LogP) is 0.723. The predicted molar refractivity (Wildman–Crippen MR) is 66.9 cm³/mol. The standard InChI is InChI=1S/C13H12FN3O2/c14-9-2-1-3-11(18)12(9)17-10-7-15-5-4-8(10)6-16-13(17)19/h1-3,6,15,18H,4-5,7H2. The van der Waals surface area contributed by atoms with E-state index in [1.165, 1.54) is 24.4 Å². The minimum absolute atomic E-state index is 0.138. The Morgan fingerprint density at radius 1 is 1.42 bits per heavy atom. The van der Waals surface area contributed by atoms with Gasteiger partial charge in [0, 0.05) is 18.4 Å². The van der Waals surface area contributed by atoms with Gasteiger partial charge in [-0.25, -0.2) is 14.2 Å². The van der Waals surface area contributed by atoms with E-state index in [4.69, 9.17) is 0 Å². The first-order valence-electron chi connectivity index (χ1n) is 5.97. The molecule has 0 fully saturated rings. The van der Waals surface area contributed by atoms with Gasteiger partial charge in [0.1, 0.15) is 11.4 Å². The first-order valence-corrected chi connectivity index (χ1v) is 5.97. The molecule has 1 aliphatic heterocycles. The molecule has 19 heavy (non-hydrogen) atoms. The summed E-state index contributed by atoms with van der Waals surface area (Å²) in [5, 5.41) is 12.9. The molecule has 98 valence electrons. The summed E-state index contributed by atoms with van der Waals surface area (Å²) in [6.45, 7) is 1.23. The summed E-state index contributed by atoms with van der Waals surface area (Å²) in [6.07, 6.45) is 2.24. The molecule has 3 rings (SSSR count). The van der Waals surface area contributed by atoms with Crippen LogP contribution in [-0.4, -0.2) is 21.2 Å². The van der Waals surface area contributed by atoms with E-state index in [9.17, 15) is 14.3 Å². The fraction of sp³-hybridized carbons (Fsp3) is 0.231. The molecule has 2 N–H and O–H groups in total. The Morgan fingerprint density at radius 2 is 2.26 bits per heavy atom. The molecule has 0 saturated carbocycles. The quantitative estimate of drug-likeness (QED) is 0.794. The molecule has 0 atom stereocenters. The molecule has 1 aromatic carbocycles. The lowest BCUT2D eigenvalue weighted by Gasteiger charge is -2.21. The monoisotopic (exact) mass is 261 g/mol. The number of hydrogen-bond donors (Lipinski definition) is 2. The van der Waals surface area contributed by atoms with Crippen molar-refractivity contribution in [2.24, 2.45) is 0 Å². The maximum absolute atomic E-state index is 13.9. The Hall–Kier alpha value is -2.21. The van der Waals surface area contributed by atoms with Crippen molar-refractivity contribution < 1.29 is 9.50 Å². The highest BCUT2D eigenvalue weighted by Gasteiger charge is 2.20. The fourth-order valence-electron chi connectivity index (χ4n) is 2.31. The molecule has 0 aliphatic carbocycles. The van der Waals surface area contributed by atoms with Crippen molar-refractivity contribution in [1.29, 1.82) is 0 Å². The van der Waals surface area contributed by atoms with Crippen LogP contribution in [0.25, 0.3) is 5.69 Å². The van der Waals surface area contributed by atoms with Crippen molar-refractivity contribution in [3.05, 3.63) is 52.0 Å². The van der Waals surface area contributed by atoms with E-state index in [0.29, 0.717) is 12.2 Å². The van der Waals surface area contributed by atoms with E-state index < -0.39 is 11.5 Å². The molecular weight excluding hydrogens is 249 g/mol. The zero-order chi connectivity index (χ0) is 13.4. The van der Waals surface area contributed by atoms with E-state index in [-0.39, 0.29) is 11.4 Å². The van der Waals surface area contributed by atoms with Crippen molar-refractivity contribution in [2.75, 3.05) is 6.54 Å². The molecule has 0 radical (unpaired) electrons. The second-order valence-corrected chi connectivity index (χ2v) is 4.38. The van der Waals surface area contributed by atoms with Gasteiger partial charge in [0.05, 0.1) is 0 Å². The van der Waals surface area contributed by atoms with Crippen molar-refractivity contribution in [2.45, 2.75) is 13.0 Å². The number of phenols is 1. The number of para-hydroxylation sites is 1. The first-order chi connectivity index (χ1) is 9.18. The molecule has 0 spiro atoms. The highest BCUT2D eigenvalue weighted by atomic mass is 19.1. The number of aromatic nitrogens is 2. The van der Waals surface area contributed by atoms with Gasteiger partial charge in [-0.15, -0.1) is 0 Å². The zero-order valence-corrected chi connectivity index (χ0v) is 10.1. The van der Waals surface area contributed by atoms with Crippen LogP contribution in [0.15, 0.2) is 29.2 Å². The summed E-state index contributed by atoms with van der Waals surface area (Å²) in [4.78, 5) is 15.7. The maximum Gasteiger partial charge on any atom is 0.352 e. The van der Waals surface area contributed by atoms with E-state index in [1.807, 2.05) is 0 Å². The summed E-state index contributed by atoms with van der Waals surface area (Å²) in [5.41, 5.74) is 0.802. The van der Waals surface area contributed by atoms with Crippen LogP contribution in [-0.2, 0) is 13.0 Å². The third-order valence-electron chi connectivity index (χ3n) is 3.22. The van der Waals surface area contributed by atoms with E-state index in [0.717, 1.165) is 23.1 Å². The largest absolute Gasteiger partial charge is 0.506 e. The number of rotatable bonds is 1. The second kappa shape index (κ2) is 4.47. The van der Waals surface area contributed by atoms with Crippen LogP contribution in [0.5, 0.6) is 5.75 Å². The van der Waals surface area contributed by atoms with Crippen LogP contribution in [0.4, 0.5) is 4.39 Å². The molecule has 6 heteroatoms. The lowest BCUT2D eigenvalue weighted by Crippen LogP contribution is -2.34. The van der Waals surface area contributed by atoms with Crippen LogP contribution in [0.1, 0.15) is 11.3 Å². The Kier molecular flexibility index (Phi) is 2.79. The number of nitrogens with zero attached hydrogens (tertiary/aromatic N) is 2. The molecule has 0 saturated heterocycles. The summed E-state index contributed by atoms with van der Waals surface area (Å²) in [5.74, 6) is -0.925. The highest BCUT2D eigenvalue weighted by Crippen LogP contribution is 2.25. The number of nitrogens with one attached hydrogen (secondary N) is 1. The molecule has 0 unspecified atom stereocenters. The summed E-state index contributed by atoms with van der Waals surface area (Å²) in [7, 11) is 0. The molecule has 2 aromatic rings. The lowest BCUT2D eigenvalue weighted by molar-refractivity contribution is 0.460. The van der Waals surface area contributed by atoms with Crippen molar-refractivity contribution in [3.8, 4) is 11.4 Å². The topological polar surface area (TPSA) is 67.2 Å².